The minimum atomic E-state index is 0.118. The summed E-state index contributed by atoms with van der Waals surface area (Å²) in [4.78, 5) is 12.3. The maximum atomic E-state index is 6.09. The van der Waals surface area contributed by atoms with Crippen molar-refractivity contribution in [3.8, 4) is 0 Å². The van der Waals surface area contributed by atoms with Crippen LogP contribution in [-0.4, -0.2) is 15.0 Å². The Morgan fingerprint density at radius 3 is 2.67 bits per heavy atom. The molecule has 1 aromatic carbocycles. The fourth-order valence-corrected chi connectivity index (χ4v) is 2.08. The Kier molecular flexibility index (Phi) is 3.03. The van der Waals surface area contributed by atoms with Gasteiger partial charge in [-0.2, -0.15) is 4.98 Å². The normalized spacial score (nSPS) is 10.8. The molecule has 0 saturated heterocycles. The first-order chi connectivity index (χ1) is 10.0. The van der Waals surface area contributed by atoms with Gasteiger partial charge in [0.15, 0.2) is 5.82 Å². The molecule has 0 saturated carbocycles. The summed E-state index contributed by atoms with van der Waals surface area (Å²) in [5.41, 5.74) is 14.4. The van der Waals surface area contributed by atoms with Crippen LogP contribution in [0, 0.1) is 6.92 Å². The number of nitrogens with zero attached hydrogens (tertiary/aromatic N) is 4. The molecule has 3 aromatic rings. The summed E-state index contributed by atoms with van der Waals surface area (Å²) in [6.07, 6.45) is 1.43. The van der Waals surface area contributed by atoms with Gasteiger partial charge in [-0.15, -0.1) is 0 Å². The van der Waals surface area contributed by atoms with Crippen LogP contribution >= 0.6 is 0 Å². The van der Waals surface area contributed by atoms with Crippen LogP contribution in [0.1, 0.15) is 5.69 Å². The summed E-state index contributed by atoms with van der Waals surface area (Å²) in [7, 11) is 0. The highest BCUT2D eigenvalue weighted by atomic mass is 15.4. The summed E-state index contributed by atoms with van der Waals surface area (Å²) in [6.45, 7) is 1.95. The van der Waals surface area contributed by atoms with E-state index in [1.165, 1.54) is 11.2 Å². The Morgan fingerprint density at radius 2 is 1.86 bits per heavy atom. The topological polar surface area (TPSA) is 120 Å². The van der Waals surface area contributed by atoms with Crippen LogP contribution in [0.25, 0.3) is 10.9 Å². The largest absolute Gasteiger partial charge is 0.394 e. The second-order valence-corrected chi connectivity index (χ2v) is 4.71. The summed E-state index contributed by atoms with van der Waals surface area (Å²) in [5, 5.41) is 2.36. The van der Waals surface area contributed by atoms with Gasteiger partial charge in [-0.1, -0.05) is 6.07 Å². The van der Waals surface area contributed by atoms with E-state index >= 15 is 0 Å². The summed E-state index contributed by atoms with van der Waals surface area (Å²) in [6, 6.07) is 9.61. The molecule has 7 nitrogen and oxygen atoms in total. The lowest BCUT2D eigenvalue weighted by Gasteiger charge is -2.19. The fourth-order valence-electron chi connectivity index (χ4n) is 2.08. The monoisotopic (exact) mass is 281 g/mol. The Balaban J connectivity index is 2.07. The fraction of sp³-hybridized carbons (Fsp3) is 0.0714. The third-order valence-electron chi connectivity index (χ3n) is 3.13. The van der Waals surface area contributed by atoms with Crippen LogP contribution in [-0.2, 0) is 0 Å². The highest BCUT2D eigenvalue weighted by Crippen LogP contribution is 2.27. The molecule has 0 aliphatic carbocycles. The van der Waals surface area contributed by atoms with Crippen LogP contribution in [0.2, 0.25) is 0 Å². The Morgan fingerprint density at radius 1 is 1.05 bits per heavy atom. The predicted molar refractivity (Wildman–Crippen MR) is 83.7 cm³/mol. The zero-order chi connectivity index (χ0) is 15.0. The molecule has 0 bridgehead atoms. The Hall–Kier alpha value is -2.93. The first-order valence-corrected chi connectivity index (χ1v) is 6.35. The second-order valence-electron chi connectivity index (χ2n) is 4.71. The number of nitrogens with two attached hydrogens (primary N) is 3. The molecule has 0 radical (unpaired) electrons. The number of anilines is 4. The first kappa shape index (κ1) is 13.1. The standard InChI is InChI=1S/C14H15N7/c1-8-2-3-9-6-10(4-5-12(9)19-8)21(17)13-11(15)7-18-14(16)20-13/h2-7H,15,17H2,1H3,(H2,16,18,20). The van der Waals surface area contributed by atoms with E-state index in [9.17, 15) is 0 Å². The molecule has 3 rings (SSSR count). The van der Waals surface area contributed by atoms with E-state index in [0.29, 0.717) is 11.5 Å². The Labute approximate surface area is 121 Å². The number of hydrogen-bond donors (Lipinski definition) is 3. The smallest absolute Gasteiger partial charge is 0.222 e. The maximum Gasteiger partial charge on any atom is 0.222 e. The highest BCUT2D eigenvalue weighted by molar-refractivity contribution is 5.84. The summed E-state index contributed by atoms with van der Waals surface area (Å²) < 4.78 is 0. The molecule has 0 aliphatic rings. The van der Waals surface area contributed by atoms with Crippen molar-refractivity contribution in [3.63, 3.8) is 0 Å². The van der Waals surface area contributed by atoms with Gasteiger partial charge in [0.1, 0.15) is 0 Å². The average molecular weight is 281 g/mol. The van der Waals surface area contributed by atoms with Crippen molar-refractivity contribution < 1.29 is 0 Å². The molecule has 21 heavy (non-hydrogen) atoms. The number of hydrogen-bond acceptors (Lipinski definition) is 7. The maximum absolute atomic E-state index is 6.09. The summed E-state index contributed by atoms with van der Waals surface area (Å²) >= 11 is 0. The number of pyridine rings is 1. The quantitative estimate of drug-likeness (QED) is 0.481. The van der Waals surface area contributed by atoms with Crippen LogP contribution < -0.4 is 22.3 Å². The van der Waals surface area contributed by atoms with Gasteiger partial charge in [0, 0.05) is 11.1 Å². The van der Waals surface area contributed by atoms with Gasteiger partial charge in [-0.3, -0.25) is 9.99 Å². The number of benzene rings is 1. The number of hydrazine groups is 1. The predicted octanol–water partition coefficient (Wildman–Crippen LogP) is 1.51. The second kappa shape index (κ2) is 4.88. The van der Waals surface area contributed by atoms with E-state index in [-0.39, 0.29) is 5.95 Å². The zero-order valence-corrected chi connectivity index (χ0v) is 11.5. The number of aryl methyl sites for hydroxylation is 1. The number of nitrogen functional groups attached to an aromatic ring is 2. The van der Waals surface area contributed by atoms with Crippen LogP contribution in [0.4, 0.5) is 23.1 Å². The molecule has 2 aromatic heterocycles. The van der Waals surface area contributed by atoms with Crippen LogP contribution in [0.3, 0.4) is 0 Å². The van der Waals surface area contributed by atoms with Gasteiger partial charge < -0.3 is 11.5 Å². The van der Waals surface area contributed by atoms with Crippen molar-refractivity contribution in [2.24, 2.45) is 5.84 Å². The van der Waals surface area contributed by atoms with E-state index in [2.05, 4.69) is 15.0 Å². The molecule has 0 fully saturated rings. The minimum absolute atomic E-state index is 0.118. The highest BCUT2D eigenvalue weighted by Gasteiger charge is 2.12. The van der Waals surface area contributed by atoms with E-state index in [1.54, 1.807) is 0 Å². The van der Waals surface area contributed by atoms with Crippen LogP contribution in [0.5, 0.6) is 0 Å². The van der Waals surface area contributed by atoms with Crippen LogP contribution in [0.15, 0.2) is 36.5 Å². The van der Waals surface area contributed by atoms with Gasteiger partial charge >= 0.3 is 0 Å². The van der Waals surface area contributed by atoms with Gasteiger partial charge in [-0.25, -0.2) is 10.8 Å². The van der Waals surface area contributed by atoms with E-state index in [4.69, 9.17) is 17.3 Å². The molecule has 7 heteroatoms. The molecular weight excluding hydrogens is 266 g/mol. The molecule has 6 N–H and O–H groups in total. The molecule has 0 spiro atoms. The van der Waals surface area contributed by atoms with Gasteiger partial charge in [0.05, 0.1) is 23.1 Å². The Bertz CT molecular complexity index is 816. The lowest BCUT2D eigenvalue weighted by Crippen LogP contribution is -2.27. The first-order valence-electron chi connectivity index (χ1n) is 6.35. The molecule has 0 amide bonds. The van der Waals surface area contributed by atoms with Crippen molar-refractivity contribution in [3.05, 3.63) is 42.2 Å². The molecule has 0 aliphatic heterocycles. The third-order valence-corrected chi connectivity index (χ3v) is 3.13. The van der Waals surface area contributed by atoms with Crippen molar-refractivity contribution in [2.75, 3.05) is 16.5 Å². The van der Waals surface area contributed by atoms with Gasteiger partial charge in [0.25, 0.3) is 0 Å². The minimum Gasteiger partial charge on any atom is -0.394 e. The van der Waals surface area contributed by atoms with Crippen molar-refractivity contribution in [1.82, 2.24) is 15.0 Å². The van der Waals surface area contributed by atoms with E-state index in [1.807, 2.05) is 37.3 Å². The van der Waals surface area contributed by atoms with E-state index < -0.39 is 0 Å². The average Bonchev–Trinajstić information content (AvgIpc) is 2.48. The van der Waals surface area contributed by atoms with Crippen molar-refractivity contribution >= 4 is 34.0 Å². The number of aromatic nitrogens is 3. The molecular formula is C14H15N7. The molecule has 0 unspecified atom stereocenters. The van der Waals surface area contributed by atoms with E-state index in [0.717, 1.165) is 22.3 Å². The lowest BCUT2D eigenvalue weighted by atomic mass is 10.2. The number of fused-ring (bicyclic) bond motifs is 1. The number of rotatable bonds is 2. The third kappa shape index (κ3) is 2.41. The van der Waals surface area contributed by atoms with Crippen molar-refractivity contribution in [2.45, 2.75) is 6.92 Å². The molecule has 0 atom stereocenters. The lowest BCUT2D eigenvalue weighted by molar-refractivity contribution is 1.03. The van der Waals surface area contributed by atoms with Gasteiger partial charge in [0.2, 0.25) is 5.95 Å². The molecule has 106 valence electrons. The molecule has 2 heterocycles. The van der Waals surface area contributed by atoms with Gasteiger partial charge in [-0.05, 0) is 31.2 Å². The summed E-state index contributed by atoms with van der Waals surface area (Å²) in [5.74, 6) is 6.58. The van der Waals surface area contributed by atoms with Crippen molar-refractivity contribution in [1.29, 1.82) is 0 Å². The SMILES string of the molecule is Cc1ccc2cc(N(N)c3nc(N)ncc3N)ccc2n1. The zero-order valence-electron chi connectivity index (χ0n) is 11.5.